The topological polar surface area (TPSA) is 99.9 Å². The van der Waals surface area contributed by atoms with Crippen LogP contribution in [0.3, 0.4) is 0 Å². The Hall–Kier alpha value is -3.29. The first-order chi connectivity index (χ1) is 13.5. The Kier molecular flexibility index (Phi) is 4.77. The van der Waals surface area contributed by atoms with Crippen molar-refractivity contribution in [3.05, 3.63) is 52.6 Å². The Labute approximate surface area is 161 Å². The number of nitrogens with zero attached hydrogens (tertiary/aromatic N) is 1. The minimum Gasteiger partial charge on any atom is -0.484 e. The zero-order valence-electron chi connectivity index (χ0n) is 15.2. The lowest BCUT2D eigenvalue weighted by atomic mass is 9.94. The molecular formula is C20H20N2O6. The number of amides is 1. The summed E-state index contributed by atoms with van der Waals surface area (Å²) >= 11 is 0. The molecule has 1 aliphatic carbocycles. The third-order valence-corrected chi connectivity index (χ3v) is 4.85. The molecule has 146 valence electrons. The standard InChI is InChI=1S/C20H20N2O6/c23-19(13-26-16-7-5-15(6-8-16)22(24)25)21-14-4-9-17-18(12-14)28-20(27-17)10-2-1-3-11-20/h4-9,12H,1-3,10-11,13H2,(H,21,23). The highest BCUT2D eigenvalue weighted by Gasteiger charge is 2.42. The van der Waals surface area contributed by atoms with Gasteiger partial charge in [0, 0.05) is 36.7 Å². The Morgan fingerprint density at radius 1 is 1.07 bits per heavy atom. The van der Waals surface area contributed by atoms with Crippen LogP contribution < -0.4 is 19.5 Å². The average Bonchev–Trinajstić information content (AvgIpc) is 3.03. The molecule has 0 radical (unpaired) electrons. The van der Waals surface area contributed by atoms with Gasteiger partial charge in [-0.25, -0.2) is 0 Å². The van der Waals surface area contributed by atoms with Gasteiger partial charge in [0.15, 0.2) is 18.1 Å². The SMILES string of the molecule is O=C(COc1ccc([N+](=O)[O-])cc1)Nc1ccc2c(c1)OC1(CCCCC1)O2. The van der Waals surface area contributed by atoms with Crippen LogP contribution in [0.2, 0.25) is 0 Å². The van der Waals surface area contributed by atoms with Crippen LogP contribution >= 0.6 is 0 Å². The Balaban J connectivity index is 1.33. The van der Waals surface area contributed by atoms with Crippen LogP contribution in [0, 0.1) is 10.1 Å². The molecule has 2 aromatic carbocycles. The van der Waals surface area contributed by atoms with Crippen molar-refractivity contribution in [1.82, 2.24) is 0 Å². The minimum absolute atomic E-state index is 0.0344. The van der Waals surface area contributed by atoms with Crippen LogP contribution in [0.15, 0.2) is 42.5 Å². The quantitative estimate of drug-likeness (QED) is 0.617. The number of rotatable bonds is 5. The highest BCUT2D eigenvalue weighted by molar-refractivity contribution is 5.92. The van der Waals surface area contributed by atoms with Crippen molar-refractivity contribution in [2.75, 3.05) is 11.9 Å². The Morgan fingerprint density at radius 3 is 2.50 bits per heavy atom. The number of anilines is 1. The van der Waals surface area contributed by atoms with E-state index in [-0.39, 0.29) is 18.2 Å². The lowest BCUT2D eigenvalue weighted by Gasteiger charge is -2.31. The third kappa shape index (κ3) is 3.85. The number of fused-ring (bicyclic) bond motifs is 1. The fourth-order valence-corrected chi connectivity index (χ4v) is 3.48. The summed E-state index contributed by atoms with van der Waals surface area (Å²) in [7, 11) is 0. The van der Waals surface area contributed by atoms with Crippen molar-refractivity contribution in [1.29, 1.82) is 0 Å². The van der Waals surface area contributed by atoms with Gasteiger partial charge < -0.3 is 19.5 Å². The molecule has 0 aromatic heterocycles. The molecule has 0 unspecified atom stereocenters. The lowest BCUT2D eigenvalue weighted by molar-refractivity contribution is -0.384. The number of carbonyl (C=O) groups is 1. The molecule has 1 amide bonds. The summed E-state index contributed by atoms with van der Waals surface area (Å²) in [5, 5.41) is 13.4. The van der Waals surface area contributed by atoms with Crippen molar-refractivity contribution in [2.45, 2.75) is 37.9 Å². The highest BCUT2D eigenvalue weighted by Crippen LogP contribution is 2.46. The molecule has 4 rings (SSSR count). The average molecular weight is 384 g/mol. The number of benzene rings is 2. The fourth-order valence-electron chi connectivity index (χ4n) is 3.48. The van der Waals surface area contributed by atoms with Gasteiger partial charge in [0.2, 0.25) is 0 Å². The van der Waals surface area contributed by atoms with Gasteiger partial charge in [0.1, 0.15) is 5.75 Å². The molecule has 8 heteroatoms. The number of ether oxygens (including phenoxy) is 3. The second-order valence-corrected chi connectivity index (χ2v) is 6.92. The minimum atomic E-state index is -0.553. The molecule has 28 heavy (non-hydrogen) atoms. The maximum Gasteiger partial charge on any atom is 0.269 e. The van der Waals surface area contributed by atoms with Crippen LogP contribution in [0.5, 0.6) is 17.2 Å². The molecule has 0 saturated heterocycles. The summed E-state index contributed by atoms with van der Waals surface area (Å²) in [5.74, 6) is 0.815. The molecule has 1 saturated carbocycles. The van der Waals surface area contributed by atoms with Gasteiger partial charge in [-0.2, -0.15) is 0 Å². The monoisotopic (exact) mass is 384 g/mol. The summed E-state index contributed by atoms with van der Waals surface area (Å²) in [4.78, 5) is 22.3. The van der Waals surface area contributed by atoms with Crippen molar-refractivity contribution < 1.29 is 23.9 Å². The van der Waals surface area contributed by atoms with Crippen LogP contribution in [0.25, 0.3) is 0 Å². The Morgan fingerprint density at radius 2 is 1.79 bits per heavy atom. The van der Waals surface area contributed by atoms with Crippen molar-refractivity contribution in [3.8, 4) is 17.2 Å². The number of non-ortho nitro benzene ring substituents is 1. The molecule has 0 atom stereocenters. The first-order valence-electron chi connectivity index (χ1n) is 9.22. The molecule has 2 aromatic rings. The normalized spacial score (nSPS) is 16.6. The van der Waals surface area contributed by atoms with Gasteiger partial charge in [-0.05, 0) is 37.1 Å². The van der Waals surface area contributed by atoms with Crippen molar-refractivity contribution >= 4 is 17.3 Å². The molecule has 1 heterocycles. The number of carbonyl (C=O) groups excluding carboxylic acids is 1. The van der Waals surface area contributed by atoms with Gasteiger partial charge in [-0.15, -0.1) is 0 Å². The molecule has 1 spiro atoms. The summed E-state index contributed by atoms with van der Waals surface area (Å²) in [6.45, 7) is -0.212. The van der Waals surface area contributed by atoms with E-state index in [1.807, 2.05) is 0 Å². The zero-order valence-corrected chi connectivity index (χ0v) is 15.2. The van der Waals surface area contributed by atoms with E-state index >= 15 is 0 Å². The molecular weight excluding hydrogens is 364 g/mol. The van der Waals surface area contributed by atoms with Gasteiger partial charge >= 0.3 is 0 Å². The molecule has 1 N–H and O–H groups in total. The predicted octanol–water partition coefficient (Wildman–Crippen LogP) is 4.04. The van der Waals surface area contributed by atoms with Crippen molar-refractivity contribution in [2.24, 2.45) is 0 Å². The Bertz CT molecular complexity index is 890. The smallest absolute Gasteiger partial charge is 0.269 e. The third-order valence-electron chi connectivity index (χ3n) is 4.85. The van der Waals surface area contributed by atoms with E-state index in [2.05, 4.69) is 5.32 Å². The second kappa shape index (κ2) is 7.38. The van der Waals surface area contributed by atoms with Gasteiger partial charge in [-0.1, -0.05) is 6.42 Å². The number of hydrogen-bond acceptors (Lipinski definition) is 6. The van der Waals surface area contributed by atoms with Crippen LogP contribution in [-0.2, 0) is 4.79 Å². The molecule has 0 bridgehead atoms. The van der Waals surface area contributed by atoms with E-state index in [1.165, 1.54) is 30.7 Å². The first-order valence-corrected chi connectivity index (χ1v) is 9.22. The largest absolute Gasteiger partial charge is 0.484 e. The summed E-state index contributed by atoms with van der Waals surface area (Å²) in [6.07, 6.45) is 5.09. The zero-order chi connectivity index (χ0) is 19.6. The summed E-state index contributed by atoms with van der Waals surface area (Å²) < 4.78 is 17.4. The number of nitro groups is 1. The van der Waals surface area contributed by atoms with Crippen LogP contribution in [0.4, 0.5) is 11.4 Å². The van der Waals surface area contributed by atoms with Gasteiger partial charge in [-0.3, -0.25) is 14.9 Å². The number of hydrogen-bond donors (Lipinski definition) is 1. The van der Waals surface area contributed by atoms with Crippen molar-refractivity contribution in [3.63, 3.8) is 0 Å². The highest BCUT2D eigenvalue weighted by atomic mass is 16.7. The maximum absolute atomic E-state index is 12.1. The van der Waals surface area contributed by atoms with Gasteiger partial charge in [0.05, 0.1) is 4.92 Å². The van der Waals surface area contributed by atoms with E-state index in [1.54, 1.807) is 18.2 Å². The predicted molar refractivity (Wildman–Crippen MR) is 101 cm³/mol. The summed E-state index contributed by atoms with van der Waals surface area (Å²) in [5.41, 5.74) is 0.556. The van der Waals surface area contributed by atoms with Crippen LogP contribution in [-0.4, -0.2) is 23.2 Å². The van der Waals surface area contributed by atoms with E-state index in [0.717, 1.165) is 25.7 Å². The number of nitro benzene ring substituents is 1. The van der Waals surface area contributed by atoms with Gasteiger partial charge in [0.25, 0.3) is 17.4 Å². The molecule has 2 aliphatic rings. The van der Waals surface area contributed by atoms with E-state index in [0.29, 0.717) is 22.9 Å². The fraction of sp³-hybridized carbons (Fsp3) is 0.350. The molecule has 1 fully saturated rings. The van der Waals surface area contributed by atoms with E-state index in [4.69, 9.17) is 14.2 Å². The number of nitrogens with one attached hydrogen (secondary N) is 1. The maximum atomic E-state index is 12.1. The second-order valence-electron chi connectivity index (χ2n) is 6.92. The van der Waals surface area contributed by atoms with E-state index in [9.17, 15) is 14.9 Å². The first kappa shape index (κ1) is 18.1. The summed E-state index contributed by atoms with van der Waals surface area (Å²) in [6, 6.07) is 10.9. The lowest BCUT2D eigenvalue weighted by Crippen LogP contribution is -2.40. The molecule has 8 nitrogen and oxygen atoms in total. The van der Waals surface area contributed by atoms with E-state index < -0.39 is 10.7 Å². The van der Waals surface area contributed by atoms with Crippen LogP contribution in [0.1, 0.15) is 32.1 Å². The molecule has 1 aliphatic heterocycles.